The molecule has 2 fully saturated rings. The number of rotatable bonds is 14. The normalized spacial score (nSPS) is 25.3. The number of aromatic nitrogens is 6. The van der Waals surface area contributed by atoms with Crippen LogP contribution in [-0.2, 0) is 34.9 Å². The Kier molecular flexibility index (Phi) is 11.6. The third-order valence-corrected chi connectivity index (χ3v) is 11.2. The van der Waals surface area contributed by atoms with Crippen LogP contribution in [0.2, 0.25) is 0 Å². The van der Waals surface area contributed by atoms with Crippen molar-refractivity contribution >= 4 is 41.5 Å². The molecule has 1 saturated carbocycles. The van der Waals surface area contributed by atoms with Crippen molar-refractivity contribution in [3.8, 4) is 6.07 Å². The summed E-state index contributed by atoms with van der Waals surface area (Å²) in [4.78, 5) is 63.2. The van der Waals surface area contributed by atoms with Crippen LogP contribution in [0.1, 0.15) is 35.5 Å². The fourth-order valence-electron chi connectivity index (χ4n) is 6.24. The van der Waals surface area contributed by atoms with Gasteiger partial charge in [0, 0.05) is 30.9 Å². The molecule has 5 N–H and O–H groups in total. The van der Waals surface area contributed by atoms with E-state index in [1.54, 1.807) is 34.9 Å². The number of aliphatic hydroxyl groups is 2. The Labute approximate surface area is 305 Å². The molecule has 3 aromatic heterocycles. The lowest BCUT2D eigenvalue weighted by molar-refractivity contribution is -0.0625. The first-order chi connectivity index (χ1) is 25.5. The van der Waals surface area contributed by atoms with E-state index in [1.165, 1.54) is 19.6 Å². The minimum atomic E-state index is -3.82. The van der Waals surface area contributed by atoms with Gasteiger partial charge in [-0.15, -0.1) is 0 Å². The molecule has 1 saturated heterocycles. The predicted molar refractivity (Wildman–Crippen MR) is 189 cm³/mol. The fraction of sp³-hybridized carbons (Fsp3) is 0.406. The van der Waals surface area contributed by atoms with Crippen LogP contribution in [0.15, 0.2) is 75.5 Å². The van der Waals surface area contributed by atoms with Crippen LogP contribution >= 0.6 is 6.72 Å². The highest BCUT2D eigenvalue weighted by atomic mass is 32.5. The van der Waals surface area contributed by atoms with E-state index in [1.807, 2.05) is 6.07 Å². The minimum Gasteiger partial charge on any atom is -0.394 e. The number of nitriles is 1. The highest BCUT2D eigenvalue weighted by Gasteiger charge is 2.50. The molecular formula is C32H35N8O11PS. The lowest BCUT2D eigenvalue weighted by atomic mass is 10.0. The fourth-order valence-corrected chi connectivity index (χ4v) is 8.35. The quantitative estimate of drug-likeness (QED) is 0.0677. The smallest absolute Gasteiger partial charge is 0.330 e. The number of nitrogens with one attached hydrogen (secondary N) is 3. The Bertz CT molecular complexity index is 2250. The van der Waals surface area contributed by atoms with Crippen LogP contribution in [-0.4, -0.2) is 96.5 Å². The highest BCUT2D eigenvalue weighted by Crippen LogP contribution is 2.55. The Balaban J connectivity index is 1.21. The van der Waals surface area contributed by atoms with Gasteiger partial charge < -0.3 is 33.3 Å². The molecular weight excluding hydrogens is 735 g/mol. The van der Waals surface area contributed by atoms with Gasteiger partial charge in [0.25, 0.3) is 17.0 Å². The van der Waals surface area contributed by atoms with Gasteiger partial charge in [-0.25, -0.2) is 9.78 Å². The van der Waals surface area contributed by atoms with Gasteiger partial charge in [0.15, 0.2) is 17.4 Å². The maximum atomic E-state index is 12.9. The van der Waals surface area contributed by atoms with E-state index in [0.29, 0.717) is 11.1 Å². The molecule has 1 unspecified atom stereocenters. The second-order valence-electron chi connectivity index (χ2n) is 12.1. The number of amides is 1. The summed E-state index contributed by atoms with van der Waals surface area (Å²) < 4.78 is 32.3. The van der Waals surface area contributed by atoms with Crippen molar-refractivity contribution in [2.45, 2.75) is 49.5 Å². The number of ether oxygens (including phenoxy) is 2. The monoisotopic (exact) mass is 770 g/mol. The molecule has 53 heavy (non-hydrogen) atoms. The number of aliphatic hydroxyl groups excluding tert-OH is 2. The Hall–Kier alpha value is -4.68. The first kappa shape index (κ1) is 38.1. The Morgan fingerprint density at radius 1 is 1.19 bits per heavy atom. The van der Waals surface area contributed by atoms with Gasteiger partial charge >= 0.3 is 12.4 Å². The zero-order valence-electron chi connectivity index (χ0n) is 28.1. The molecule has 4 heterocycles. The molecule has 4 aromatic rings. The summed E-state index contributed by atoms with van der Waals surface area (Å²) in [6.07, 6.45) is -2.78. The summed E-state index contributed by atoms with van der Waals surface area (Å²) in [7, 11) is 1.33. The number of carbonyl (C=O) groups excluding carboxylic acids is 1. The van der Waals surface area contributed by atoms with E-state index in [4.69, 9.17) is 40.1 Å². The lowest BCUT2D eigenvalue weighted by Gasteiger charge is -2.30. The van der Waals surface area contributed by atoms with Crippen molar-refractivity contribution in [3.63, 3.8) is 0 Å². The molecule has 2 aliphatic rings. The number of carbonyl (C=O) groups is 1. The second kappa shape index (κ2) is 16.1. The minimum absolute atomic E-state index is 0.00633. The van der Waals surface area contributed by atoms with Crippen LogP contribution < -0.4 is 22.1 Å². The van der Waals surface area contributed by atoms with Gasteiger partial charge in [0.05, 0.1) is 50.8 Å². The van der Waals surface area contributed by atoms with E-state index >= 15 is 0 Å². The number of imidazole rings is 1. The molecule has 1 aliphatic carbocycles. The molecule has 6 rings (SSSR count). The third kappa shape index (κ3) is 7.99. The van der Waals surface area contributed by atoms with Crippen molar-refractivity contribution in [1.29, 1.82) is 5.26 Å². The summed E-state index contributed by atoms with van der Waals surface area (Å²) in [5, 5.41) is 33.1. The lowest BCUT2D eigenvalue weighted by Crippen LogP contribution is -2.40. The second-order valence-corrected chi connectivity index (χ2v) is 15.0. The number of methoxy groups -OCH3 is 1. The highest BCUT2D eigenvalue weighted by molar-refractivity contribution is 8.07. The summed E-state index contributed by atoms with van der Waals surface area (Å²) in [5.74, 6) is -1.32. The molecule has 1 aliphatic heterocycles. The molecule has 0 bridgehead atoms. The number of nitrogens with zero attached hydrogens (tertiary/aromatic N) is 5. The number of anilines is 1. The van der Waals surface area contributed by atoms with Gasteiger partial charge in [0.2, 0.25) is 5.95 Å². The maximum absolute atomic E-state index is 12.9. The van der Waals surface area contributed by atoms with Crippen LogP contribution in [0.3, 0.4) is 0 Å². The Morgan fingerprint density at radius 3 is 2.66 bits per heavy atom. The molecule has 8 atom stereocenters. The maximum Gasteiger partial charge on any atom is 0.330 e. The zero-order chi connectivity index (χ0) is 37.9. The van der Waals surface area contributed by atoms with E-state index in [0.717, 1.165) is 10.6 Å². The van der Waals surface area contributed by atoms with Crippen LogP contribution in [0.25, 0.3) is 11.2 Å². The van der Waals surface area contributed by atoms with E-state index in [9.17, 15) is 29.4 Å². The predicted octanol–water partition coefficient (Wildman–Crippen LogP) is 0.861. The molecule has 280 valence electrons. The summed E-state index contributed by atoms with van der Waals surface area (Å²) >= 11 is 5.75. The molecule has 19 nitrogen and oxygen atoms in total. The van der Waals surface area contributed by atoms with Crippen molar-refractivity contribution in [3.05, 3.63) is 97.8 Å². The number of hydrogen-bond acceptors (Lipinski definition) is 15. The third-order valence-electron chi connectivity index (χ3n) is 8.86. The molecule has 0 radical (unpaired) electrons. The average Bonchev–Trinajstić information content (AvgIpc) is 3.80. The van der Waals surface area contributed by atoms with Crippen molar-refractivity contribution in [2.75, 3.05) is 32.2 Å². The molecule has 21 heteroatoms. The number of hydrogen-bond donors (Lipinski definition) is 5. The standard InChI is InChI=1S/C32H35N8O11PS/c1-17-19(21(42)13-20(17)40-16-34-24-27(40)36-31(38-29(24)45)37-28(44)18-7-4-3-5-8-18)15-49-52(53,48-12-6-10-33)51-25-22(14-41)50-30(26(25)47-2)39-11-9-23(43)35-32(39)46/h3-5,7-9,11,16,19-22,25-26,30,41-42H,1,6,12-15H2,2H3,(H,35,43,46)(H2,36,37,38,44,45)/t19-,20-,21-,22+,25+,26+,30+,52?/m0/s1. The van der Waals surface area contributed by atoms with Crippen molar-refractivity contribution < 1.29 is 38.1 Å². The summed E-state index contributed by atoms with van der Waals surface area (Å²) in [6.45, 7) is -0.625. The van der Waals surface area contributed by atoms with Gasteiger partial charge in [0.1, 0.15) is 18.3 Å². The van der Waals surface area contributed by atoms with Crippen molar-refractivity contribution in [2.24, 2.45) is 5.92 Å². The van der Waals surface area contributed by atoms with Crippen LogP contribution in [0.5, 0.6) is 0 Å². The first-order valence-corrected chi connectivity index (χ1v) is 18.8. The van der Waals surface area contributed by atoms with E-state index in [2.05, 4.69) is 31.8 Å². The van der Waals surface area contributed by atoms with Crippen LogP contribution in [0, 0.1) is 17.2 Å². The average molecular weight is 771 g/mol. The zero-order valence-corrected chi connectivity index (χ0v) is 29.8. The van der Waals surface area contributed by atoms with Crippen molar-refractivity contribution in [1.82, 2.24) is 29.1 Å². The van der Waals surface area contributed by atoms with Gasteiger partial charge in [-0.3, -0.25) is 38.8 Å². The number of aromatic amines is 2. The SMILES string of the molecule is C=C1[C@H](COP(=S)(OCCC#N)O[C@H]2[C@@H](OC)[C@H](n3ccc(=O)[nH]c3=O)O[C@@H]2CO)[C@@H](O)C[C@@H]1n1cnc2c(=O)[nH]c(NC(=O)c3ccccc3)nc21. The largest absolute Gasteiger partial charge is 0.394 e. The number of H-pyrrole nitrogens is 2. The number of fused-ring (bicyclic) bond motifs is 1. The topological polar surface area (TPSA) is 258 Å². The van der Waals surface area contributed by atoms with Crippen LogP contribution in [0.4, 0.5) is 5.95 Å². The summed E-state index contributed by atoms with van der Waals surface area (Å²) in [6, 6.07) is 10.8. The molecule has 1 aromatic carbocycles. The van der Waals surface area contributed by atoms with E-state index in [-0.39, 0.29) is 43.2 Å². The van der Waals surface area contributed by atoms with Gasteiger partial charge in [-0.1, -0.05) is 24.8 Å². The molecule has 1 amide bonds. The first-order valence-electron chi connectivity index (χ1n) is 16.2. The molecule has 0 spiro atoms. The van der Waals surface area contributed by atoms with Gasteiger partial charge in [-0.05, 0) is 35.9 Å². The van der Waals surface area contributed by atoms with E-state index < -0.39 is 78.6 Å². The van der Waals surface area contributed by atoms with Gasteiger partial charge in [-0.2, -0.15) is 10.2 Å². The Morgan fingerprint density at radius 2 is 1.96 bits per heavy atom. The number of benzene rings is 1. The summed E-state index contributed by atoms with van der Waals surface area (Å²) in [5.41, 5.74) is -1.01.